The van der Waals surface area contributed by atoms with Gasteiger partial charge in [-0.25, -0.2) is 0 Å². The third-order valence-corrected chi connectivity index (χ3v) is 3.44. The van der Waals surface area contributed by atoms with E-state index in [1.807, 2.05) is 0 Å². The van der Waals surface area contributed by atoms with E-state index in [1.54, 1.807) is 0 Å². The van der Waals surface area contributed by atoms with Crippen molar-refractivity contribution in [3.8, 4) is 6.07 Å². The van der Waals surface area contributed by atoms with Crippen LogP contribution in [-0.4, -0.2) is 23.5 Å². The van der Waals surface area contributed by atoms with Crippen LogP contribution in [0, 0.1) is 17.2 Å². The molecule has 1 aliphatic carbocycles. The van der Waals surface area contributed by atoms with Gasteiger partial charge in [-0.3, -0.25) is 4.90 Å². The highest BCUT2D eigenvalue weighted by Gasteiger charge is 2.38. The number of hydrogen-bond donors (Lipinski definition) is 0. The molecule has 0 aromatic carbocycles. The zero-order valence-corrected chi connectivity index (χ0v) is 7.66. The molecule has 0 amide bonds. The molecule has 1 aliphatic heterocycles. The molecule has 2 fully saturated rings. The van der Waals surface area contributed by atoms with Crippen molar-refractivity contribution in [3.63, 3.8) is 0 Å². The summed E-state index contributed by atoms with van der Waals surface area (Å²) in [6.45, 7) is 3.50. The van der Waals surface area contributed by atoms with E-state index in [4.69, 9.17) is 5.26 Å². The van der Waals surface area contributed by atoms with Gasteiger partial charge >= 0.3 is 0 Å². The summed E-state index contributed by atoms with van der Waals surface area (Å²) in [4.78, 5) is 2.51. The fraction of sp³-hybridized carbons (Fsp3) is 0.900. The fourth-order valence-corrected chi connectivity index (χ4v) is 2.52. The molecule has 1 saturated heterocycles. The van der Waals surface area contributed by atoms with Gasteiger partial charge < -0.3 is 0 Å². The maximum Gasteiger partial charge on any atom is 0.0672 e. The summed E-state index contributed by atoms with van der Waals surface area (Å²) in [5, 5.41) is 8.91. The smallest absolute Gasteiger partial charge is 0.0672 e. The van der Waals surface area contributed by atoms with Crippen LogP contribution in [-0.2, 0) is 0 Å². The number of nitrogens with zero attached hydrogens (tertiary/aromatic N) is 2. The predicted octanol–water partition coefficient (Wildman–Crippen LogP) is 1.77. The van der Waals surface area contributed by atoms with Crippen LogP contribution in [0.25, 0.3) is 0 Å². The molecule has 0 radical (unpaired) electrons. The molecular formula is C10H16N2. The Hall–Kier alpha value is -0.550. The predicted molar refractivity (Wildman–Crippen MR) is 47.5 cm³/mol. The Morgan fingerprint density at radius 2 is 2.17 bits per heavy atom. The average Bonchev–Trinajstić information content (AvgIpc) is 2.50. The SMILES string of the molecule is CC1CCN1C1CCCC1C#N. The van der Waals surface area contributed by atoms with Gasteiger partial charge in [0, 0.05) is 18.6 Å². The second-order valence-corrected chi connectivity index (χ2v) is 4.11. The quantitative estimate of drug-likeness (QED) is 0.590. The molecule has 2 aliphatic rings. The van der Waals surface area contributed by atoms with E-state index in [0.717, 1.165) is 12.5 Å². The van der Waals surface area contributed by atoms with Crippen LogP contribution in [0.1, 0.15) is 32.6 Å². The standard InChI is InChI=1S/C10H16N2/c1-8-5-6-12(8)10-4-2-3-9(10)7-11/h8-10H,2-6H2,1H3. The molecule has 2 heteroatoms. The minimum absolute atomic E-state index is 0.327. The number of nitriles is 1. The van der Waals surface area contributed by atoms with Crippen molar-refractivity contribution < 1.29 is 0 Å². The molecule has 12 heavy (non-hydrogen) atoms. The first-order valence-electron chi connectivity index (χ1n) is 4.98. The molecular weight excluding hydrogens is 148 g/mol. The van der Waals surface area contributed by atoms with Crippen molar-refractivity contribution in [1.82, 2.24) is 4.90 Å². The molecule has 0 N–H and O–H groups in total. The van der Waals surface area contributed by atoms with E-state index < -0.39 is 0 Å². The van der Waals surface area contributed by atoms with Crippen molar-refractivity contribution in [1.29, 1.82) is 5.26 Å². The van der Waals surface area contributed by atoms with Crippen molar-refractivity contribution in [2.24, 2.45) is 5.92 Å². The van der Waals surface area contributed by atoms with Crippen molar-refractivity contribution in [2.45, 2.75) is 44.7 Å². The fourth-order valence-electron chi connectivity index (χ4n) is 2.52. The first kappa shape index (κ1) is 8.07. The Kier molecular flexibility index (Phi) is 2.06. The van der Waals surface area contributed by atoms with Gasteiger partial charge in [0.05, 0.1) is 12.0 Å². The van der Waals surface area contributed by atoms with Gasteiger partial charge in [-0.15, -0.1) is 0 Å². The summed E-state index contributed by atoms with van der Waals surface area (Å²) in [5.74, 6) is 0.327. The third kappa shape index (κ3) is 1.13. The van der Waals surface area contributed by atoms with E-state index >= 15 is 0 Å². The minimum atomic E-state index is 0.327. The molecule has 0 bridgehead atoms. The minimum Gasteiger partial charge on any atom is -0.296 e. The normalized spacial score (nSPS) is 42.2. The molecule has 3 atom stereocenters. The summed E-state index contributed by atoms with van der Waals surface area (Å²) in [6, 6.07) is 3.78. The van der Waals surface area contributed by atoms with Crippen LogP contribution >= 0.6 is 0 Å². The summed E-state index contributed by atoms with van der Waals surface area (Å²) in [6.07, 6.45) is 4.97. The lowest BCUT2D eigenvalue weighted by Crippen LogP contribution is -2.52. The Morgan fingerprint density at radius 3 is 2.67 bits per heavy atom. The molecule has 3 unspecified atom stereocenters. The third-order valence-electron chi connectivity index (χ3n) is 3.44. The van der Waals surface area contributed by atoms with Gasteiger partial charge in [-0.1, -0.05) is 6.42 Å². The van der Waals surface area contributed by atoms with Crippen LogP contribution in [0.5, 0.6) is 0 Å². The van der Waals surface area contributed by atoms with E-state index in [9.17, 15) is 0 Å². The second-order valence-electron chi connectivity index (χ2n) is 4.11. The molecule has 1 saturated carbocycles. The number of likely N-dealkylation sites (tertiary alicyclic amines) is 1. The zero-order valence-electron chi connectivity index (χ0n) is 7.66. The molecule has 0 aromatic heterocycles. The van der Waals surface area contributed by atoms with E-state index in [2.05, 4.69) is 17.9 Å². The summed E-state index contributed by atoms with van der Waals surface area (Å²) < 4.78 is 0. The average molecular weight is 164 g/mol. The zero-order chi connectivity index (χ0) is 8.55. The lowest BCUT2D eigenvalue weighted by atomic mass is 9.95. The van der Waals surface area contributed by atoms with Crippen LogP contribution in [0.15, 0.2) is 0 Å². The first-order chi connectivity index (χ1) is 5.83. The van der Waals surface area contributed by atoms with Crippen molar-refractivity contribution in [3.05, 3.63) is 0 Å². The largest absolute Gasteiger partial charge is 0.296 e. The Labute approximate surface area is 74.2 Å². The van der Waals surface area contributed by atoms with Gasteiger partial charge in [0.1, 0.15) is 0 Å². The summed E-state index contributed by atoms with van der Waals surface area (Å²) in [5.41, 5.74) is 0. The van der Waals surface area contributed by atoms with Gasteiger partial charge in [0.15, 0.2) is 0 Å². The number of hydrogen-bond acceptors (Lipinski definition) is 2. The van der Waals surface area contributed by atoms with Crippen molar-refractivity contribution >= 4 is 0 Å². The van der Waals surface area contributed by atoms with Crippen LogP contribution in [0.3, 0.4) is 0 Å². The topological polar surface area (TPSA) is 27.0 Å². The number of rotatable bonds is 1. The van der Waals surface area contributed by atoms with Crippen molar-refractivity contribution in [2.75, 3.05) is 6.54 Å². The maximum absolute atomic E-state index is 8.91. The van der Waals surface area contributed by atoms with E-state index in [1.165, 1.54) is 25.8 Å². The van der Waals surface area contributed by atoms with Gasteiger partial charge in [0.2, 0.25) is 0 Å². The Morgan fingerprint density at radius 1 is 1.33 bits per heavy atom. The Bertz CT molecular complexity index is 206. The molecule has 2 rings (SSSR count). The Balaban J connectivity index is 1.99. The van der Waals surface area contributed by atoms with Crippen LogP contribution < -0.4 is 0 Å². The summed E-state index contributed by atoms with van der Waals surface area (Å²) in [7, 11) is 0. The molecule has 0 spiro atoms. The molecule has 1 heterocycles. The van der Waals surface area contributed by atoms with Crippen LogP contribution in [0.4, 0.5) is 0 Å². The first-order valence-corrected chi connectivity index (χ1v) is 4.98. The van der Waals surface area contributed by atoms with Gasteiger partial charge in [0.25, 0.3) is 0 Å². The van der Waals surface area contributed by atoms with E-state index in [0.29, 0.717) is 12.0 Å². The molecule has 2 nitrogen and oxygen atoms in total. The van der Waals surface area contributed by atoms with E-state index in [-0.39, 0.29) is 0 Å². The van der Waals surface area contributed by atoms with Crippen LogP contribution in [0.2, 0.25) is 0 Å². The molecule has 66 valence electrons. The maximum atomic E-state index is 8.91. The lowest BCUT2D eigenvalue weighted by molar-refractivity contribution is 0.0437. The van der Waals surface area contributed by atoms with Gasteiger partial charge in [-0.2, -0.15) is 5.26 Å². The lowest BCUT2D eigenvalue weighted by Gasteiger charge is -2.44. The highest BCUT2D eigenvalue weighted by atomic mass is 15.2. The summed E-state index contributed by atoms with van der Waals surface area (Å²) >= 11 is 0. The highest BCUT2D eigenvalue weighted by molar-refractivity contribution is 5.00. The van der Waals surface area contributed by atoms with Gasteiger partial charge in [-0.05, 0) is 26.2 Å². The monoisotopic (exact) mass is 164 g/mol. The second kappa shape index (κ2) is 3.06. The highest BCUT2D eigenvalue weighted by Crippen LogP contribution is 2.34. The molecule has 0 aromatic rings.